The molecule has 0 atom stereocenters. The van der Waals surface area contributed by atoms with Crippen molar-refractivity contribution in [3.63, 3.8) is 0 Å². The first kappa shape index (κ1) is 20.6. The third-order valence-electron chi connectivity index (χ3n) is 3.66. The third-order valence-corrected chi connectivity index (χ3v) is 3.66. The second kappa shape index (κ2) is 8.60. The van der Waals surface area contributed by atoms with Crippen LogP contribution in [0.1, 0.15) is 18.1 Å². The van der Waals surface area contributed by atoms with Crippen LogP contribution in [0.15, 0.2) is 48.6 Å². The number of rotatable bonds is 3. The summed E-state index contributed by atoms with van der Waals surface area (Å²) in [5.74, 6) is 1.75. The molecule has 0 saturated heterocycles. The van der Waals surface area contributed by atoms with Gasteiger partial charge in [0.1, 0.15) is 11.5 Å². The topological polar surface area (TPSA) is 18.5 Å². The van der Waals surface area contributed by atoms with Gasteiger partial charge in [0, 0.05) is 5.57 Å². The summed E-state index contributed by atoms with van der Waals surface area (Å²) in [6.07, 6.45) is -4.19. The Kier molecular flexibility index (Phi) is 7.09. The lowest BCUT2D eigenvalue weighted by molar-refractivity contribution is -0.0909. The monoisotopic (exact) mass is 352 g/mol. The first-order valence-electron chi connectivity index (χ1n) is 7.62. The van der Waals surface area contributed by atoms with Gasteiger partial charge < -0.3 is 9.47 Å². The summed E-state index contributed by atoms with van der Waals surface area (Å²) < 4.78 is 43.8. The Morgan fingerprint density at radius 1 is 0.840 bits per heavy atom. The van der Waals surface area contributed by atoms with Crippen molar-refractivity contribution in [3.05, 3.63) is 59.7 Å². The highest BCUT2D eigenvalue weighted by Crippen LogP contribution is 2.32. The normalized spacial score (nSPS) is 10.6. The maximum atomic E-state index is 11.1. The quantitative estimate of drug-likeness (QED) is 0.620. The van der Waals surface area contributed by atoms with Crippen molar-refractivity contribution in [1.82, 2.24) is 0 Å². The van der Waals surface area contributed by atoms with Gasteiger partial charge in [0.05, 0.1) is 14.2 Å². The van der Waals surface area contributed by atoms with Gasteiger partial charge in [0.2, 0.25) is 0 Å². The van der Waals surface area contributed by atoms with Gasteiger partial charge in [0.25, 0.3) is 0 Å². The van der Waals surface area contributed by atoms with Crippen LogP contribution in [0.3, 0.4) is 0 Å². The number of alkyl halides is 3. The smallest absolute Gasteiger partial charge is 0.411 e. The van der Waals surface area contributed by atoms with E-state index in [1.54, 1.807) is 14.2 Å². The molecule has 0 spiro atoms. The molecule has 0 aliphatic carbocycles. The second-order valence-corrected chi connectivity index (χ2v) is 5.64. The molecule has 25 heavy (non-hydrogen) atoms. The van der Waals surface area contributed by atoms with Gasteiger partial charge in [-0.1, -0.05) is 18.7 Å². The zero-order valence-corrected chi connectivity index (χ0v) is 15.1. The minimum absolute atomic E-state index is 0.757. The predicted octanol–water partition coefficient (Wildman–Crippen LogP) is 6.11. The van der Waals surface area contributed by atoms with Crippen LogP contribution in [0.25, 0.3) is 11.1 Å². The molecule has 5 heteroatoms. The molecule has 2 nitrogen and oxygen atoms in total. The molecule has 0 saturated carbocycles. The van der Waals surface area contributed by atoms with Crippen LogP contribution in [0.5, 0.6) is 11.5 Å². The van der Waals surface area contributed by atoms with E-state index in [1.165, 1.54) is 22.3 Å². The number of methoxy groups -OCH3 is 2. The maximum Gasteiger partial charge on any atom is 0.411 e. The van der Waals surface area contributed by atoms with E-state index in [0.29, 0.717) is 0 Å². The van der Waals surface area contributed by atoms with Crippen molar-refractivity contribution >= 4 is 0 Å². The van der Waals surface area contributed by atoms with Crippen molar-refractivity contribution in [1.29, 1.82) is 0 Å². The molecule has 0 radical (unpaired) electrons. The fourth-order valence-corrected chi connectivity index (χ4v) is 2.04. The van der Waals surface area contributed by atoms with Crippen molar-refractivity contribution in [3.8, 4) is 22.6 Å². The van der Waals surface area contributed by atoms with Crippen LogP contribution in [0, 0.1) is 13.8 Å². The fourth-order valence-electron chi connectivity index (χ4n) is 2.04. The minimum atomic E-state index is -4.19. The summed E-state index contributed by atoms with van der Waals surface area (Å²) in [6, 6.07) is 12.2. The largest absolute Gasteiger partial charge is 0.497 e. The molecular weight excluding hydrogens is 329 g/mol. The molecule has 0 heterocycles. The van der Waals surface area contributed by atoms with Gasteiger partial charge >= 0.3 is 6.18 Å². The summed E-state index contributed by atoms with van der Waals surface area (Å²) in [5, 5.41) is 0. The lowest BCUT2D eigenvalue weighted by Crippen LogP contribution is -2.06. The molecule has 0 N–H and O–H groups in total. The van der Waals surface area contributed by atoms with Gasteiger partial charge in [-0.15, -0.1) is 0 Å². The van der Waals surface area contributed by atoms with E-state index in [4.69, 9.17) is 9.47 Å². The summed E-state index contributed by atoms with van der Waals surface area (Å²) in [6.45, 7) is 7.84. The highest BCUT2D eigenvalue weighted by atomic mass is 19.4. The van der Waals surface area contributed by atoms with E-state index in [0.717, 1.165) is 18.4 Å². The molecule has 0 unspecified atom stereocenters. The summed E-state index contributed by atoms with van der Waals surface area (Å²) in [4.78, 5) is 0. The number of halogens is 3. The first-order chi connectivity index (χ1) is 11.6. The Balaban J connectivity index is 0.000000381. The highest BCUT2D eigenvalue weighted by molar-refractivity contribution is 5.73. The van der Waals surface area contributed by atoms with Crippen molar-refractivity contribution < 1.29 is 22.6 Å². The average molecular weight is 352 g/mol. The Labute approximate surface area is 146 Å². The Morgan fingerprint density at radius 2 is 1.16 bits per heavy atom. The molecule has 136 valence electrons. The molecular formula is C20H23F3O2. The van der Waals surface area contributed by atoms with Crippen LogP contribution in [-0.4, -0.2) is 20.4 Å². The lowest BCUT2D eigenvalue weighted by atomic mass is 9.96. The fraction of sp³-hybridized carbons (Fsp3) is 0.300. The van der Waals surface area contributed by atoms with Crippen LogP contribution >= 0.6 is 0 Å². The van der Waals surface area contributed by atoms with Crippen molar-refractivity contribution in [2.45, 2.75) is 26.9 Å². The highest BCUT2D eigenvalue weighted by Gasteiger charge is 2.27. The van der Waals surface area contributed by atoms with Crippen molar-refractivity contribution in [2.24, 2.45) is 0 Å². The van der Waals surface area contributed by atoms with Gasteiger partial charge in [-0.3, -0.25) is 0 Å². The third kappa shape index (κ3) is 5.85. The summed E-state index contributed by atoms with van der Waals surface area (Å²) in [5.41, 5.74) is 4.07. The van der Waals surface area contributed by atoms with Crippen LogP contribution < -0.4 is 9.47 Å². The molecule has 0 aliphatic heterocycles. The SMILES string of the molecule is C=C(C)C(F)(F)F.COc1ccc(C)c(-c2cc(OC)ccc2C)c1. The van der Waals surface area contributed by atoms with Crippen LogP contribution in [0.4, 0.5) is 13.2 Å². The first-order valence-corrected chi connectivity index (χ1v) is 7.62. The van der Waals surface area contributed by atoms with E-state index in [2.05, 4.69) is 44.7 Å². The summed E-state index contributed by atoms with van der Waals surface area (Å²) >= 11 is 0. The molecule has 2 aromatic carbocycles. The van der Waals surface area contributed by atoms with E-state index >= 15 is 0 Å². The van der Waals surface area contributed by atoms with E-state index < -0.39 is 11.7 Å². The summed E-state index contributed by atoms with van der Waals surface area (Å²) in [7, 11) is 3.37. The van der Waals surface area contributed by atoms with E-state index in [-0.39, 0.29) is 0 Å². The Morgan fingerprint density at radius 3 is 1.40 bits per heavy atom. The number of ether oxygens (including phenoxy) is 2. The van der Waals surface area contributed by atoms with Crippen molar-refractivity contribution in [2.75, 3.05) is 14.2 Å². The zero-order chi connectivity index (χ0) is 19.2. The standard InChI is InChI=1S/C16H18O2.C4H5F3/c1-11-5-7-13(17-3)9-15(11)16-10-14(18-4)8-6-12(16)2;1-3(2)4(5,6)7/h5-10H,1-4H3;1H2,2H3. The van der Waals surface area contributed by atoms with Gasteiger partial charge in [0.15, 0.2) is 0 Å². The van der Waals surface area contributed by atoms with Gasteiger partial charge in [-0.2, -0.15) is 13.2 Å². The molecule has 2 aromatic rings. The lowest BCUT2D eigenvalue weighted by Gasteiger charge is -2.12. The molecule has 2 rings (SSSR count). The number of aryl methyl sites for hydroxylation is 2. The van der Waals surface area contributed by atoms with Gasteiger partial charge in [-0.05, 0) is 67.3 Å². The Bertz CT molecular complexity index is 683. The molecule has 0 fully saturated rings. The minimum Gasteiger partial charge on any atom is -0.497 e. The van der Waals surface area contributed by atoms with E-state index in [1.807, 2.05) is 12.1 Å². The van der Waals surface area contributed by atoms with Gasteiger partial charge in [-0.25, -0.2) is 0 Å². The van der Waals surface area contributed by atoms with Crippen LogP contribution in [-0.2, 0) is 0 Å². The predicted molar refractivity (Wildman–Crippen MR) is 95.3 cm³/mol. The molecule has 0 amide bonds. The number of benzene rings is 2. The Hall–Kier alpha value is -2.43. The second-order valence-electron chi connectivity index (χ2n) is 5.64. The maximum absolute atomic E-state index is 11.1. The molecule has 0 bridgehead atoms. The zero-order valence-electron chi connectivity index (χ0n) is 15.1. The number of hydrogen-bond donors (Lipinski definition) is 0. The molecule has 0 aliphatic rings. The van der Waals surface area contributed by atoms with Crippen LogP contribution in [0.2, 0.25) is 0 Å². The number of hydrogen-bond acceptors (Lipinski definition) is 2. The number of allylic oxidation sites excluding steroid dienone is 1. The van der Waals surface area contributed by atoms with E-state index in [9.17, 15) is 13.2 Å². The molecule has 0 aromatic heterocycles. The average Bonchev–Trinajstić information content (AvgIpc) is 2.56.